The first-order valence-corrected chi connectivity index (χ1v) is 10.6. The van der Waals surface area contributed by atoms with Gasteiger partial charge in [-0.25, -0.2) is 0 Å². The zero-order chi connectivity index (χ0) is 23.3. The van der Waals surface area contributed by atoms with E-state index in [-0.39, 0.29) is 43.2 Å². The highest BCUT2D eigenvalue weighted by atomic mass is 35.5. The number of esters is 1. The van der Waals surface area contributed by atoms with Crippen LogP contribution in [0.3, 0.4) is 0 Å². The first-order chi connectivity index (χ1) is 15.3. The third kappa shape index (κ3) is 5.53. The van der Waals surface area contributed by atoms with Crippen LogP contribution < -0.4 is 5.32 Å². The average molecular weight is 462 g/mol. The number of allylic oxidation sites excluding steroid dienone is 2. The van der Waals surface area contributed by atoms with Gasteiger partial charge in [0.15, 0.2) is 6.61 Å². The van der Waals surface area contributed by atoms with E-state index >= 15 is 0 Å². The minimum atomic E-state index is -0.708. The molecule has 3 rings (SSSR count). The number of nitrogens with one attached hydrogen (secondary N) is 1. The van der Waals surface area contributed by atoms with Gasteiger partial charge in [0.2, 0.25) is 17.7 Å². The molecule has 1 aromatic rings. The molecule has 2 aliphatic rings. The monoisotopic (exact) mass is 461 g/mol. The lowest BCUT2D eigenvalue weighted by atomic mass is 9.85. The Hall–Kier alpha value is -3.20. The van der Waals surface area contributed by atoms with E-state index in [0.29, 0.717) is 23.6 Å². The summed E-state index contributed by atoms with van der Waals surface area (Å²) in [6.45, 7) is -0.880. The normalized spacial score (nSPS) is 19.5. The highest BCUT2D eigenvalue weighted by Gasteiger charge is 2.46. The van der Waals surface area contributed by atoms with Crippen molar-refractivity contribution in [3.63, 3.8) is 0 Å². The second kappa shape index (κ2) is 10.4. The number of halogens is 1. The molecule has 4 amide bonds. The van der Waals surface area contributed by atoms with E-state index in [1.165, 1.54) is 7.05 Å². The number of anilines is 1. The number of likely N-dealkylation sites (tertiary alicyclic amines) is 1. The Morgan fingerprint density at radius 3 is 2.38 bits per heavy atom. The lowest BCUT2D eigenvalue weighted by Gasteiger charge is -2.17. The highest BCUT2D eigenvalue weighted by molar-refractivity contribution is 6.33. The van der Waals surface area contributed by atoms with Crippen LogP contribution >= 0.6 is 11.6 Å². The van der Waals surface area contributed by atoms with E-state index < -0.39 is 24.4 Å². The Kier molecular flexibility index (Phi) is 7.63. The van der Waals surface area contributed by atoms with Gasteiger partial charge < -0.3 is 15.0 Å². The molecule has 0 radical (unpaired) electrons. The van der Waals surface area contributed by atoms with Gasteiger partial charge in [-0.2, -0.15) is 0 Å². The van der Waals surface area contributed by atoms with Crippen molar-refractivity contribution in [2.45, 2.75) is 19.3 Å². The maximum absolute atomic E-state index is 12.4. The van der Waals surface area contributed by atoms with Crippen molar-refractivity contribution < 1.29 is 28.7 Å². The van der Waals surface area contributed by atoms with Gasteiger partial charge in [-0.3, -0.25) is 28.9 Å². The molecular weight excluding hydrogens is 438 g/mol. The fourth-order valence-electron chi connectivity index (χ4n) is 3.67. The van der Waals surface area contributed by atoms with E-state index in [1.807, 2.05) is 12.2 Å². The smallest absolute Gasteiger partial charge is 0.308 e. The number of nitrogens with zero attached hydrogens (tertiary/aromatic N) is 2. The van der Waals surface area contributed by atoms with Crippen molar-refractivity contribution in [2.75, 3.05) is 32.1 Å². The number of fused-ring (bicyclic) bond motifs is 1. The Morgan fingerprint density at radius 2 is 1.75 bits per heavy atom. The number of amides is 4. The molecule has 1 aliphatic carbocycles. The Morgan fingerprint density at radius 1 is 1.12 bits per heavy atom. The van der Waals surface area contributed by atoms with Crippen LogP contribution in [-0.4, -0.2) is 66.1 Å². The fraction of sp³-hybridized carbons (Fsp3) is 0.409. The first-order valence-electron chi connectivity index (χ1n) is 10.2. The van der Waals surface area contributed by atoms with E-state index in [2.05, 4.69) is 5.32 Å². The lowest BCUT2D eigenvalue weighted by molar-refractivity contribution is -0.152. The molecule has 32 heavy (non-hydrogen) atoms. The van der Waals surface area contributed by atoms with Crippen LogP contribution in [-0.2, 0) is 28.7 Å². The molecule has 0 unspecified atom stereocenters. The summed E-state index contributed by atoms with van der Waals surface area (Å²) in [6.07, 6.45) is 4.64. The molecule has 0 saturated carbocycles. The zero-order valence-electron chi connectivity index (χ0n) is 17.6. The summed E-state index contributed by atoms with van der Waals surface area (Å²) in [5, 5.41) is 2.97. The second-order valence-corrected chi connectivity index (χ2v) is 8.08. The fourth-order valence-corrected chi connectivity index (χ4v) is 3.86. The molecule has 1 N–H and O–H groups in total. The predicted molar refractivity (Wildman–Crippen MR) is 115 cm³/mol. The van der Waals surface area contributed by atoms with Gasteiger partial charge in [0.1, 0.15) is 0 Å². The van der Waals surface area contributed by atoms with Crippen LogP contribution in [0.1, 0.15) is 19.3 Å². The van der Waals surface area contributed by atoms with E-state index in [9.17, 15) is 24.0 Å². The number of hydrogen-bond acceptors (Lipinski definition) is 6. The summed E-state index contributed by atoms with van der Waals surface area (Å²) in [5.74, 6) is -2.97. The summed E-state index contributed by atoms with van der Waals surface area (Å²) >= 11 is 5.98. The number of para-hydroxylation sites is 1. The summed E-state index contributed by atoms with van der Waals surface area (Å²) < 4.78 is 4.95. The molecule has 1 aliphatic heterocycles. The minimum Gasteiger partial charge on any atom is -0.456 e. The van der Waals surface area contributed by atoms with Crippen LogP contribution in [0.25, 0.3) is 0 Å². The first kappa shape index (κ1) is 23.5. The molecule has 0 bridgehead atoms. The number of carbonyl (C=O) groups is 5. The molecular formula is C22H24ClN3O6. The summed E-state index contributed by atoms with van der Waals surface area (Å²) in [4.78, 5) is 63.2. The van der Waals surface area contributed by atoms with Gasteiger partial charge in [0.25, 0.3) is 5.91 Å². The predicted octanol–water partition coefficient (Wildman–Crippen LogP) is 1.62. The third-order valence-corrected chi connectivity index (χ3v) is 5.78. The molecule has 2 atom stereocenters. The minimum absolute atomic E-state index is 0.0756. The van der Waals surface area contributed by atoms with Crippen molar-refractivity contribution in [1.29, 1.82) is 0 Å². The summed E-state index contributed by atoms with van der Waals surface area (Å²) in [6, 6.07) is 6.69. The number of imide groups is 1. The number of rotatable bonds is 8. The quantitative estimate of drug-likeness (QED) is 0.357. The zero-order valence-corrected chi connectivity index (χ0v) is 18.3. The molecule has 1 aromatic carbocycles. The molecule has 1 saturated heterocycles. The molecule has 0 aromatic heterocycles. The maximum Gasteiger partial charge on any atom is 0.308 e. The van der Waals surface area contributed by atoms with Gasteiger partial charge >= 0.3 is 5.97 Å². The van der Waals surface area contributed by atoms with Crippen molar-refractivity contribution in [2.24, 2.45) is 11.8 Å². The Labute approximate surface area is 190 Å². The number of hydrogen-bond donors (Lipinski definition) is 1. The van der Waals surface area contributed by atoms with Gasteiger partial charge in [0.05, 0.1) is 35.5 Å². The number of carbonyl (C=O) groups excluding carboxylic acids is 5. The Bertz CT molecular complexity index is 937. The van der Waals surface area contributed by atoms with E-state index in [0.717, 1.165) is 9.80 Å². The molecule has 170 valence electrons. The van der Waals surface area contributed by atoms with E-state index in [1.54, 1.807) is 24.3 Å². The van der Waals surface area contributed by atoms with E-state index in [4.69, 9.17) is 16.3 Å². The van der Waals surface area contributed by atoms with Crippen molar-refractivity contribution in [3.8, 4) is 0 Å². The molecule has 0 spiro atoms. The van der Waals surface area contributed by atoms with Crippen LogP contribution in [0.2, 0.25) is 5.02 Å². The summed E-state index contributed by atoms with van der Waals surface area (Å²) in [5.41, 5.74) is 0.424. The van der Waals surface area contributed by atoms with Crippen molar-refractivity contribution in [3.05, 3.63) is 41.4 Å². The van der Waals surface area contributed by atoms with Crippen molar-refractivity contribution in [1.82, 2.24) is 9.80 Å². The lowest BCUT2D eigenvalue weighted by Crippen LogP contribution is -2.38. The summed E-state index contributed by atoms with van der Waals surface area (Å²) in [7, 11) is 1.40. The molecule has 1 heterocycles. The second-order valence-electron chi connectivity index (χ2n) is 7.67. The number of benzene rings is 1. The van der Waals surface area contributed by atoms with Gasteiger partial charge in [-0.15, -0.1) is 0 Å². The topological polar surface area (TPSA) is 113 Å². The van der Waals surface area contributed by atoms with Crippen LogP contribution in [0.5, 0.6) is 0 Å². The maximum atomic E-state index is 12.4. The average Bonchev–Trinajstić information content (AvgIpc) is 3.02. The van der Waals surface area contributed by atoms with Gasteiger partial charge in [0, 0.05) is 13.6 Å². The van der Waals surface area contributed by atoms with Gasteiger partial charge in [-0.05, 0) is 25.0 Å². The number of ether oxygens (including phenoxy) is 1. The largest absolute Gasteiger partial charge is 0.456 e. The van der Waals surface area contributed by atoms with Crippen LogP contribution in [0.15, 0.2) is 36.4 Å². The third-order valence-electron chi connectivity index (χ3n) is 5.45. The van der Waals surface area contributed by atoms with Crippen molar-refractivity contribution >= 4 is 46.9 Å². The van der Waals surface area contributed by atoms with Crippen LogP contribution in [0, 0.1) is 11.8 Å². The molecule has 10 heteroatoms. The molecule has 9 nitrogen and oxygen atoms in total. The standard InChI is InChI=1S/C22H24ClN3O6/c1-25(12-18(27)24-17-9-5-4-8-16(17)23)19(28)13-32-20(29)10-11-26-21(30)14-6-2-3-7-15(14)22(26)31/h2-5,8-9,14-15H,6-7,10-13H2,1H3,(H,24,27)/t14-,15+. The Balaban J connectivity index is 1.39. The number of likely N-dealkylation sites (N-methyl/N-ethyl adjacent to an activating group) is 1. The van der Waals surface area contributed by atoms with Gasteiger partial charge in [-0.1, -0.05) is 35.9 Å². The SMILES string of the molecule is CN(CC(=O)Nc1ccccc1Cl)C(=O)COC(=O)CCN1C(=O)[C@H]2CC=CC[C@H]2C1=O. The molecule has 1 fully saturated rings. The highest BCUT2D eigenvalue weighted by Crippen LogP contribution is 2.35. The van der Waals surface area contributed by atoms with Crippen LogP contribution in [0.4, 0.5) is 5.69 Å².